The molecule has 0 amide bonds. The van der Waals surface area contributed by atoms with E-state index in [1.54, 1.807) is 25.0 Å². The molecule has 0 spiro atoms. The summed E-state index contributed by atoms with van der Waals surface area (Å²) in [5.74, 6) is 0.0698. The van der Waals surface area contributed by atoms with Crippen LogP contribution in [-0.4, -0.2) is 29.7 Å². The zero-order valence-corrected chi connectivity index (χ0v) is 13.5. The summed E-state index contributed by atoms with van der Waals surface area (Å²) in [6, 6.07) is 7.76. The number of rotatable bonds is 4. The molecule has 6 heteroatoms. The topological polar surface area (TPSA) is 66.3 Å². The number of nitrogens with one attached hydrogen (secondary N) is 1. The Morgan fingerprint density at radius 2 is 2.22 bits per heavy atom. The number of guanidine groups is 1. The van der Waals surface area contributed by atoms with E-state index in [4.69, 9.17) is 4.74 Å². The molecule has 0 saturated carbocycles. The maximum absolute atomic E-state index is 11.7. The number of carbonyl (C=O) groups excluding carboxylic acids is 1. The molecule has 0 saturated heterocycles. The van der Waals surface area contributed by atoms with Crippen molar-refractivity contribution in [1.29, 1.82) is 0 Å². The van der Waals surface area contributed by atoms with Crippen LogP contribution in [-0.2, 0) is 9.53 Å². The van der Waals surface area contributed by atoms with Gasteiger partial charge in [-0.3, -0.25) is 4.90 Å². The second-order valence-corrected chi connectivity index (χ2v) is 4.96. The number of ether oxygens (including phenoxy) is 1. The third-order valence-electron chi connectivity index (χ3n) is 3.18. The summed E-state index contributed by atoms with van der Waals surface area (Å²) in [7, 11) is 0. The second-order valence-electron chi connectivity index (χ2n) is 4.96. The Balaban J connectivity index is 2.38. The van der Waals surface area contributed by atoms with Gasteiger partial charge in [-0.1, -0.05) is 24.8 Å². The van der Waals surface area contributed by atoms with E-state index in [-0.39, 0.29) is 0 Å². The molecule has 0 bridgehead atoms. The Kier molecular flexibility index (Phi) is 5.30. The Morgan fingerprint density at radius 1 is 1.48 bits per heavy atom. The highest BCUT2D eigenvalue weighted by Gasteiger charge is 2.20. The minimum atomic E-state index is -0.407. The first-order valence-electron chi connectivity index (χ1n) is 7.30. The van der Waals surface area contributed by atoms with Gasteiger partial charge in [-0.25, -0.2) is 15.2 Å². The Bertz CT molecular complexity index is 704. The van der Waals surface area contributed by atoms with Gasteiger partial charge in [-0.2, -0.15) is 5.10 Å². The number of benzene rings is 1. The van der Waals surface area contributed by atoms with Gasteiger partial charge in [0.2, 0.25) is 5.96 Å². The summed E-state index contributed by atoms with van der Waals surface area (Å²) in [6.45, 7) is 9.80. The minimum Gasteiger partial charge on any atom is -0.463 e. The van der Waals surface area contributed by atoms with Gasteiger partial charge < -0.3 is 4.74 Å². The van der Waals surface area contributed by atoms with Crippen LogP contribution in [0.2, 0.25) is 0 Å². The molecular formula is C17H20N4O2. The van der Waals surface area contributed by atoms with Crippen molar-refractivity contribution in [2.45, 2.75) is 20.8 Å². The van der Waals surface area contributed by atoms with E-state index < -0.39 is 5.97 Å². The van der Waals surface area contributed by atoms with E-state index in [1.165, 1.54) is 6.08 Å². The van der Waals surface area contributed by atoms with Crippen LogP contribution in [0.15, 0.2) is 58.4 Å². The summed E-state index contributed by atoms with van der Waals surface area (Å²) < 4.78 is 4.95. The van der Waals surface area contributed by atoms with Crippen molar-refractivity contribution in [2.24, 2.45) is 10.1 Å². The van der Waals surface area contributed by atoms with Gasteiger partial charge in [-0.15, -0.1) is 0 Å². The predicted molar refractivity (Wildman–Crippen MR) is 91.3 cm³/mol. The van der Waals surface area contributed by atoms with E-state index in [0.29, 0.717) is 24.0 Å². The highest BCUT2D eigenvalue weighted by molar-refractivity contribution is 5.96. The van der Waals surface area contributed by atoms with Crippen molar-refractivity contribution in [3.8, 4) is 0 Å². The molecule has 1 aliphatic heterocycles. The zero-order valence-electron chi connectivity index (χ0n) is 13.5. The molecule has 2 rings (SSSR count). The van der Waals surface area contributed by atoms with Crippen molar-refractivity contribution in [3.63, 3.8) is 0 Å². The lowest BCUT2D eigenvalue weighted by atomic mass is 10.2. The molecule has 0 atom stereocenters. The first-order chi connectivity index (χ1) is 11.0. The fraction of sp³-hybridized carbons (Fsp3) is 0.235. The number of allylic oxidation sites excluding steroid dienone is 2. The summed E-state index contributed by atoms with van der Waals surface area (Å²) >= 11 is 0. The van der Waals surface area contributed by atoms with Crippen LogP contribution in [0.4, 0.5) is 5.69 Å². The van der Waals surface area contributed by atoms with E-state index in [9.17, 15) is 4.79 Å². The van der Waals surface area contributed by atoms with Crippen molar-refractivity contribution in [2.75, 3.05) is 6.61 Å². The maximum atomic E-state index is 11.7. The van der Waals surface area contributed by atoms with Gasteiger partial charge >= 0.3 is 5.97 Å². The fourth-order valence-corrected chi connectivity index (χ4v) is 2.10. The number of aliphatic imine (C=N–C) groups is 1. The molecule has 1 aromatic rings. The van der Waals surface area contributed by atoms with Crippen LogP contribution in [0.1, 0.15) is 19.4 Å². The number of carbonyl (C=O) groups is 1. The van der Waals surface area contributed by atoms with Crippen LogP contribution < -0.4 is 5.43 Å². The first kappa shape index (κ1) is 16.5. The first-order valence-corrected chi connectivity index (χ1v) is 7.30. The van der Waals surface area contributed by atoms with Crippen LogP contribution >= 0.6 is 0 Å². The van der Waals surface area contributed by atoms with Crippen LogP contribution in [0.25, 0.3) is 0 Å². The number of hydrogen-bond acceptors (Lipinski definition) is 4. The van der Waals surface area contributed by atoms with E-state index in [0.717, 1.165) is 11.3 Å². The van der Waals surface area contributed by atoms with Crippen molar-refractivity contribution < 1.29 is 9.53 Å². The number of para-hydroxylation sites is 1. The summed E-state index contributed by atoms with van der Waals surface area (Å²) in [5, 5.41) is 4.02. The Hall–Kier alpha value is -2.89. The average molecular weight is 312 g/mol. The Morgan fingerprint density at radius 3 is 2.91 bits per heavy atom. The third kappa shape index (κ3) is 4.06. The molecule has 0 unspecified atom stereocenters. The van der Waals surface area contributed by atoms with Crippen molar-refractivity contribution in [3.05, 3.63) is 53.9 Å². The predicted octanol–water partition coefficient (Wildman–Crippen LogP) is 2.85. The lowest BCUT2D eigenvalue weighted by Crippen LogP contribution is -2.41. The molecule has 1 N–H and O–H groups in total. The van der Waals surface area contributed by atoms with Crippen molar-refractivity contribution >= 4 is 23.8 Å². The van der Waals surface area contributed by atoms with Gasteiger partial charge in [-0.05, 0) is 32.4 Å². The minimum absolute atomic E-state index is 0.327. The lowest BCUT2D eigenvalue weighted by molar-refractivity contribution is -0.137. The van der Waals surface area contributed by atoms with E-state index >= 15 is 0 Å². The molecule has 0 aliphatic carbocycles. The molecule has 1 heterocycles. The number of nitrogens with zero attached hydrogens (tertiary/aromatic N) is 3. The summed E-state index contributed by atoms with van der Waals surface area (Å²) in [5.41, 5.74) is 5.95. The second kappa shape index (κ2) is 7.40. The van der Waals surface area contributed by atoms with Crippen LogP contribution in [0, 0.1) is 6.92 Å². The quantitative estimate of drug-likeness (QED) is 0.686. The molecule has 1 aliphatic rings. The standard InChI is InChI=1S/C17H20N4O2/c1-5-23-16(22)10-13(3)21-14(4)11-18-20-17(21)19-15-9-7-6-8-12(15)2/h6-11H,4-5H2,1-3H3,(H,19,20)/b13-10+. The molecule has 0 radical (unpaired) electrons. The smallest absolute Gasteiger partial charge is 0.332 e. The lowest BCUT2D eigenvalue weighted by Gasteiger charge is -2.28. The zero-order chi connectivity index (χ0) is 16.8. The molecule has 6 nitrogen and oxygen atoms in total. The molecule has 120 valence electrons. The molecule has 0 fully saturated rings. The van der Waals surface area contributed by atoms with Gasteiger partial charge in [0, 0.05) is 11.8 Å². The summed E-state index contributed by atoms with van der Waals surface area (Å²) in [4.78, 5) is 18.0. The van der Waals surface area contributed by atoms with Crippen LogP contribution in [0.5, 0.6) is 0 Å². The molecular weight excluding hydrogens is 292 g/mol. The van der Waals surface area contributed by atoms with Gasteiger partial charge in [0.15, 0.2) is 0 Å². The Labute approximate surface area is 135 Å². The number of hydrogen-bond donors (Lipinski definition) is 1. The largest absolute Gasteiger partial charge is 0.463 e. The maximum Gasteiger partial charge on any atom is 0.332 e. The van der Waals surface area contributed by atoms with E-state index in [2.05, 4.69) is 22.1 Å². The summed E-state index contributed by atoms with van der Waals surface area (Å²) in [6.07, 6.45) is 2.97. The van der Waals surface area contributed by atoms with Gasteiger partial charge in [0.25, 0.3) is 0 Å². The monoisotopic (exact) mass is 312 g/mol. The number of hydrazone groups is 1. The molecule has 23 heavy (non-hydrogen) atoms. The number of aryl methyl sites for hydroxylation is 1. The molecule has 0 aromatic heterocycles. The van der Waals surface area contributed by atoms with Gasteiger partial charge in [0.1, 0.15) is 0 Å². The average Bonchev–Trinajstić information content (AvgIpc) is 2.49. The van der Waals surface area contributed by atoms with E-state index in [1.807, 2.05) is 31.2 Å². The SMILES string of the molecule is C=C1C=NNC(=Nc2ccccc2C)N1/C(C)=C/C(=O)OCC. The van der Waals surface area contributed by atoms with Gasteiger partial charge in [0.05, 0.1) is 24.2 Å². The van der Waals surface area contributed by atoms with Crippen LogP contribution in [0.3, 0.4) is 0 Å². The highest BCUT2D eigenvalue weighted by atomic mass is 16.5. The fourth-order valence-electron chi connectivity index (χ4n) is 2.10. The third-order valence-corrected chi connectivity index (χ3v) is 3.18. The molecule has 1 aromatic carbocycles. The normalized spacial score (nSPS) is 16.5. The number of esters is 1. The highest BCUT2D eigenvalue weighted by Crippen LogP contribution is 2.21. The van der Waals surface area contributed by atoms with Crippen molar-refractivity contribution in [1.82, 2.24) is 10.3 Å².